The molecule has 0 amide bonds. The van der Waals surface area contributed by atoms with Crippen LogP contribution in [0.15, 0.2) is 6.07 Å². The molecule has 1 saturated carbocycles. The minimum Gasteiger partial charge on any atom is -0.481 e. The van der Waals surface area contributed by atoms with Crippen LogP contribution in [0, 0.1) is 6.92 Å². The van der Waals surface area contributed by atoms with E-state index >= 15 is 0 Å². The molecule has 6 heteroatoms. The SMILES string of the molecule is CCCOc1cc(C)nc(NC2(CC(=O)O)CCC2)n1. The number of ether oxygens (including phenoxy) is 1. The van der Waals surface area contributed by atoms with Crippen LogP contribution in [0.4, 0.5) is 5.95 Å². The van der Waals surface area contributed by atoms with Crippen LogP contribution >= 0.6 is 0 Å². The number of rotatable bonds is 7. The third kappa shape index (κ3) is 3.59. The van der Waals surface area contributed by atoms with E-state index in [0.717, 1.165) is 31.4 Å². The highest BCUT2D eigenvalue weighted by atomic mass is 16.5. The average Bonchev–Trinajstić information content (AvgIpc) is 2.32. The first-order valence-corrected chi connectivity index (χ1v) is 7.01. The van der Waals surface area contributed by atoms with Crippen molar-refractivity contribution in [3.05, 3.63) is 11.8 Å². The summed E-state index contributed by atoms with van der Waals surface area (Å²) in [5.74, 6) is 0.191. The van der Waals surface area contributed by atoms with Crippen LogP contribution < -0.4 is 10.1 Å². The zero-order chi connectivity index (χ0) is 14.6. The van der Waals surface area contributed by atoms with E-state index in [2.05, 4.69) is 15.3 Å². The minimum absolute atomic E-state index is 0.0927. The van der Waals surface area contributed by atoms with Gasteiger partial charge in [0.25, 0.3) is 0 Å². The smallest absolute Gasteiger partial charge is 0.305 e. The zero-order valence-electron chi connectivity index (χ0n) is 12.0. The maximum absolute atomic E-state index is 11.0. The normalized spacial score (nSPS) is 16.3. The summed E-state index contributed by atoms with van der Waals surface area (Å²) in [6.45, 7) is 4.51. The second-order valence-electron chi connectivity index (χ2n) is 5.35. The van der Waals surface area contributed by atoms with Crippen molar-refractivity contribution in [2.24, 2.45) is 0 Å². The maximum atomic E-state index is 11.0. The molecule has 6 nitrogen and oxygen atoms in total. The fourth-order valence-corrected chi connectivity index (χ4v) is 2.35. The van der Waals surface area contributed by atoms with Crippen LogP contribution in [0.2, 0.25) is 0 Å². The number of carboxylic acids is 1. The second-order valence-corrected chi connectivity index (χ2v) is 5.35. The number of hydrogen-bond acceptors (Lipinski definition) is 5. The predicted molar refractivity (Wildman–Crippen MR) is 75.0 cm³/mol. The number of nitrogens with one attached hydrogen (secondary N) is 1. The van der Waals surface area contributed by atoms with E-state index in [1.807, 2.05) is 13.8 Å². The molecule has 110 valence electrons. The summed E-state index contributed by atoms with van der Waals surface area (Å²) in [6.07, 6.45) is 3.71. The third-order valence-electron chi connectivity index (χ3n) is 3.46. The molecule has 1 fully saturated rings. The van der Waals surface area contributed by atoms with Crippen LogP contribution in [0.25, 0.3) is 0 Å². The number of aryl methyl sites for hydroxylation is 1. The summed E-state index contributed by atoms with van der Waals surface area (Å²) < 4.78 is 5.52. The first kappa shape index (κ1) is 14.6. The Morgan fingerprint density at radius 3 is 2.80 bits per heavy atom. The third-order valence-corrected chi connectivity index (χ3v) is 3.46. The molecule has 0 aliphatic heterocycles. The number of aromatic nitrogens is 2. The number of carbonyl (C=O) groups is 1. The van der Waals surface area contributed by atoms with Crippen LogP contribution in [0.1, 0.15) is 44.7 Å². The summed E-state index contributed by atoms with van der Waals surface area (Å²) in [5.41, 5.74) is 0.403. The van der Waals surface area contributed by atoms with Crippen molar-refractivity contribution in [3.63, 3.8) is 0 Å². The maximum Gasteiger partial charge on any atom is 0.305 e. The van der Waals surface area contributed by atoms with Crippen LogP contribution in [0.5, 0.6) is 5.88 Å². The predicted octanol–water partition coefficient (Wildman–Crippen LogP) is 2.38. The van der Waals surface area contributed by atoms with E-state index < -0.39 is 11.5 Å². The molecular formula is C14H21N3O3. The van der Waals surface area contributed by atoms with Crippen molar-refractivity contribution in [2.75, 3.05) is 11.9 Å². The molecule has 1 aliphatic carbocycles. The zero-order valence-corrected chi connectivity index (χ0v) is 12.0. The van der Waals surface area contributed by atoms with Gasteiger partial charge in [0.1, 0.15) is 0 Å². The molecular weight excluding hydrogens is 258 g/mol. The van der Waals surface area contributed by atoms with Gasteiger partial charge >= 0.3 is 5.97 Å². The van der Waals surface area contributed by atoms with Crippen molar-refractivity contribution < 1.29 is 14.6 Å². The highest BCUT2D eigenvalue weighted by Crippen LogP contribution is 2.37. The Morgan fingerprint density at radius 1 is 1.50 bits per heavy atom. The average molecular weight is 279 g/mol. The first-order chi connectivity index (χ1) is 9.53. The van der Waals surface area contributed by atoms with Crippen molar-refractivity contribution in [1.82, 2.24) is 9.97 Å². The van der Waals surface area contributed by atoms with Crippen LogP contribution in [-0.2, 0) is 4.79 Å². The molecule has 1 aliphatic rings. The molecule has 1 heterocycles. The Hall–Kier alpha value is -1.85. The lowest BCUT2D eigenvalue weighted by atomic mass is 9.74. The molecule has 2 rings (SSSR count). The standard InChI is InChI=1S/C14H21N3O3/c1-3-7-20-11-8-10(2)15-13(16-11)17-14(5-4-6-14)9-12(18)19/h8H,3-7,9H2,1-2H3,(H,18,19)(H,15,16,17). The van der Waals surface area contributed by atoms with Gasteiger partial charge in [-0.05, 0) is 32.6 Å². The van der Waals surface area contributed by atoms with E-state index in [1.165, 1.54) is 0 Å². The molecule has 0 spiro atoms. The van der Waals surface area contributed by atoms with E-state index in [9.17, 15) is 4.79 Å². The van der Waals surface area contributed by atoms with E-state index in [1.54, 1.807) is 6.07 Å². The number of carboxylic acid groups (broad SMARTS) is 1. The molecule has 20 heavy (non-hydrogen) atoms. The molecule has 0 unspecified atom stereocenters. The number of hydrogen-bond donors (Lipinski definition) is 2. The summed E-state index contributed by atoms with van der Waals surface area (Å²) in [4.78, 5) is 19.6. The monoisotopic (exact) mass is 279 g/mol. The van der Waals surface area contributed by atoms with E-state index in [0.29, 0.717) is 18.4 Å². The molecule has 1 aromatic heterocycles. The van der Waals surface area contributed by atoms with E-state index in [-0.39, 0.29) is 6.42 Å². The summed E-state index contributed by atoms with van der Waals surface area (Å²) >= 11 is 0. The Balaban J connectivity index is 2.11. The van der Waals surface area contributed by atoms with Gasteiger partial charge in [0, 0.05) is 11.8 Å². The van der Waals surface area contributed by atoms with Gasteiger partial charge in [0.15, 0.2) is 0 Å². The summed E-state index contributed by atoms with van der Waals surface area (Å²) in [5, 5.41) is 12.2. The lowest BCUT2D eigenvalue weighted by Crippen LogP contribution is -2.47. The van der Waals surface area contributed by atoms with Gasteiger partial charge in [-0.3, -0.25) is 4.79 Å². The fourth-order valence-electron chi connectivity index (χ4n) is 2.35. The first-order valence-electron chi connectivity index (χ1n) is 7.01. The van der Waals surface area contributed by atoms with E-state index in [4.69, 9.17) is 9.84 Å². The Bertz CT molecular complexity index is 487. The van der Waals surface area contributed by atoms with Gasteiger partial charge in [-0.15, -0.1) is 0 Å². The lowest BCUT2D eigenvalue weighted by molar-refractivity contribution is -0.138. The van der Waals surface area contributed by atoms with Gasteiger partial charge in [0.2, 0.25) is 11.8 Å². The number of nitrogens with zero attached hydrogens (tertiary/aromatic N) is 2. The minimum atomic E-state index is -0.799. The molecule has 2 N–H and O–H groups in total. The molecule has 0 saturated heterocycles. The topological polar surface area (TPSA) is 84.3 Å². The van der Waals surface area contributed by atoms with Gasteiger partial charge in [-0.1, -0.05) is 6.92 Å². The largest absolute Gasteiger partial charge is 0.481 e. The Labute approximate surface area is 118 Å². The van der Waals surface area contributed by atoms with Gasteiger partial charge < -0.3 is 15.2 Å². The van der Waals surface area contributed by atoms with Gasteiger partial charge in [-0.2, -0.15) is 4.98 Å². The van der Waals surface area contributed by atoms with Gasteiger partial charge in [0.05, 0.1) is 18.6 Å². The highest BCUT2D eigenvalue weighted by Gasteiger charge is 2.39. The quantitative estimate of drug-likeness (QED) is 0.797. The highest BCUT2D eigenvalue weighted by molar-refractivity contribution is 5.69. The fraction of sp³-hybridized carbons (Fsp3) is 0.643. The Morgan fingerprint density at radius 2 is 2.25 bits per heavy atom. The molecule has 0 bridgehead atoms. The number of aliphatic carboxylic acids is 1. The van der Waals surface area contributed by atoms with Crippen molar-refractivity contribution in [2.45, 2.75) is 51.5 Å². The van der Waals surface area contributed by atoms with Gasteiger partial charge in [-0.25, -0.2) is 4.98 Å². The lowest BCUT2D eigenvalue weighted by Gasteiger charge is -2.41. The van der Waals surface area contributed by atoms with Crippen molar-refractivity contribution in [3.8, 4) is 5.88 Å². The second kappa shape index (κ2) is 6.07. The Kier molecular flexibility index (Phi) is 4.42. The summed E-state index contributed by atoms with van der Waals surface area (Å²) in [7, 11) is 0. The van der Waals surface area contributed by atoms with Crippen LogP contribution in [-0.4, -0.2) is 33.2 Å². The molecule has 1 aromatic rings. The summed E-state index contributed by atoms with van der Waals surface area (Å²) in [6, 6.07) is 1.78. The molecule has 0 radical (unpaired) electrons. The van der Waals surface area contributed by atoms with Crippen molar-refractivity contribution >= 4 is 11.9 Å². The molecule has 0 atom stereocenters. The van der Waals surface area contributed by atoms with Crippen LogP contribution in [0.3, 0.4) is 0 Å². The molecule has 0 aromatic carbocycles. The van der Waals surface area contributed by atoms with Crippen molar-refractivity contribution in [1.29, 1.82) is 0 Å². The number of anilines is 1.